The van der Waals surface area contributed by atoms with Gasteiger partial charge in [0.05, 0.1) is 12.9 Å². The molecule has 0 spiro atoms. The number of aromatic nitrogens is 4. The van der Waals surface area contributed by atoms with Crippen molar-refractivity contribution in [2.24, 2.45) is 0 Å². The summed E-state index contributed by atoms with van der Waals surface area (Å²) in [7, 11) is -5.07. The number of anilines is 1. The van der Waals surface area contributed by atoms with Gasteiger partial charge in [0.25, 0.3) is 5.91 Å². The third-order valence-electron chi connectivity index (χ3n) is 11.4. The van der Waals surface area contributed by atoms with Gasteiger partial charge < -0.3 is 18.0 Å². The van der Waals surface area contributed by atoms with Gasteiger partial charge in [0.2, 0.25) is 0 Å². The van der Waals surface area contributed by atoms with Gasteiger partial charge in [-0.1, -0.05) is 80.5 Å². The molecule has 1 fully saturated rings. The number of imidazole rings is 1. The minimum atomic E-state index is -2.35. The molecule has 0 N–H and O–H groups in total. The number of rotatable bonds is 10. The molecule has 0 aliphatic carbocycles. The number of carbonyl (C=O) groups is 1. The van der Waals surface area contributed by atoms with Crippen molar-refractivity contribution >= 4 is 47.8 Å². The van der Waals surface area contributed by atoms with Crippen LogP contribution in [0.3, 0.4) is 0 Å². The normalized spacial score (nSPS) is 21.4. The minimum absolute atomic E-state index is 0.0306. The average Bonchev–Trinajstić information content (AvgIpc) is 3.54. The van der Waals surface area contributed by atoms with Gasteiger partial charge in [0.15, 0.2) is 48.2 Å². The second-order valence-corrected chi connectivity index (χ2v) is 32.4. The lowest BCUT2D eigenvalue weighted by Crippen LogP contribution is -2.54. The van der Waals surface area contributed by atoms with E-state index in [1.807, 2.05) is 22.8 Å². The van der Waals surface area contributed by atoms with E-state index in [4.69, 9.17) is 28.0 Å². The third kappa shape index (κ3) is 8.13. The summed E-state index contributed by atoms with van der Waals surface area (Å²) in [5.74, 6) is 0.237. The van der Waals surface area contributed by atoms with Gasteiger partial charge in [-0.05, 0) is 66.5 Å². The van der Waals surface area contributed by atoms with E-state index >= 15 is 0 Å². The first-order valence-corrected chi connectivity index (χ1v) is 26.2. The maximum atomic E-state index is 13.4. The Bertz CT molecular complexity index is 1610. The highest BCUT2D eigenvalue weighted by Gasteiger charge is 2.55. The number of amides is 1. The Kier molecular flexibility index (Phi) is 11.0. The summed E-state index contributed by atoms with van der Waals surface area (Å²) in [6.07, 6.45) is 1.39. The van der Waals surface area contributed by atoms with E-state index in [0.717, 1.165) is 0 Å². The lowest BCUT2D eigenvalue weighted by molar-refractivity contribution is -0.0470. The van der Waals surface area contributed by atoms with Crippen LogP contribution < -0.4 is 4.90 Å². The van der Waals surface area contributed by atoms with Gasteiger partial charge in [-0.25, -0.2) is 15.0 Å². The highest BCUT2D eigenvalue weighted by atomic mass is 28.4. The van der Waals surface area contributed by atoms with E-state index in [-0.39, 0.29) is 33.2 Å². The van der Waals surface area contributed by atoms with Crippen LogP contribution in [0.4, 0.5) is 5.82 Å². The summed E-state index contributed by atoms with van der Waals surface area (Å²) >= 11 is 0. The Hall–Kier alpha value is -2.27. The molecule has 0 bridgehead atoms. The van der Waals surface area contributed by atoms with Crippen molar-refractivity contribution in [1.82, 2.24) is 19.5 Å². The lowest BCUT2D eigenvalue weighted by atomic mass is 10.1. The van der Waals surface area contributed by atoms with E-state index < -0.39 is 37.3 Å². The van der Waals surface area contributed by atoms with Crippen LogP contribution in [0.5, 0.6) is 0 Å². The summed E-state index contributed by atoms with van der Waals surface area (Å²) in [6.45, 7) is 34.3. The number of hydrogen-bond donors (Lipinski definition) is 0. The molecule has 0 radical (unpaired) electrons. The Morgan fingerprint density at radius 3 is 1.86 bits per heavy atom. The number of carbonyl (C=O) groups excluding carboxylic acids is 1. The fourth-order valence-electron chi connectivity index (χ4n) is 5.02. The fourth-order valence-corrected chi connectivity index (χ4v) is 8.64. The van der Waals surface area contributed by atoms with Crippen molar-refractivity contribution in [2.45, 2.75) is 141 Å². The van der Waals surface area contributed by atoms with Crippen LogP contribution >= 0.6 is 0 Å². The quantitative estimate of drug-likeness (QED) is 0.191. The first kappa shape index (κ1) is 39.5. The van der Waals surface area contributed by atoms with E-state index in [1.54, 1.807) is 25.5 Å². The van der Waals surface area contributed by atoms with Crippen molar-refractivity contribution in [3.8, 4) is 0 Å². The standard InChI is InChI=1S/C36H61N5O5Si3/c1-34(2,3)47(11,12)43-22-26-28(45-48(13,14)35(4,5)6)29(46-49(15,16)36(7,8)9)33(44-26)41-24-39-27-30(37-23-38-31(27)41)40(10)32(42)25-20-18-17-19-21-25/h17-21,23-24,26,28-29,33H,22H2,1-16H3/t26-,28-,29-,33-/m1/s1. The molecule has 1 amide bonds. The molecule has 0 unspecified atom stereocenters. The molecule has 13 heteroatoms. The molecule has 3 heterocycles. The van der Waals surface area contributed by atoms with Crippen molar-refractivity contribution in [1.29, 1.82) is 0 Å². The monoisotopic (exact) mass is 727 g/mol. The second-order valence-electron chi connectivity index (χ2n) is 18.1. The average molecular weight is 728 g/mol. The molecule has 4 rings (SSSR count). The number of ether oxygens (including phenoxy) is 1. The van der Waals surface area contributed by atoms with Crippen LogP contribution in [0.25, 0.3) is 11.2 Å². The van der Waals surface area contributed by atoms with Gasteiger partial charge in [0.1, 0.15) is 24.6 Å². The maximum absolute atomic E-state index is 13.4. The van der Waals surface area contributed by atoms with Gasteiger partial charge in [-0.15, -0.1) is 0 Å². The molecule has 2 aromatic heterocycles. The second kappa shape index (κ2) is 13.7. The Morgan fingerprint density at radius 2 is 1.33 bits per heavy atom. The molecule has 1 saturated heterocycles. The minimum Gasteiger partial charge on any atom is -0.414 e. The molecule has 49 heavy (non-hydrogen) atoms. The molecule has 1 aliphatic rings. The van der Waals surface area contributed by atoms with Crippen LogP contribution in [0, 0.1) is 0 Å². The molecule has 10 nitrogen and oxygen atoms in total. The summed E-state index contributed by atoms with van der Waals surface area (Å²) in [5.41, 5.74) is 1.63. The Morgan fingerprint density at radius 1 is 0.796 bits per heavy atom. The predicted octanol–water partition coefficient (Wildman–Crippen LogP) is 8.80. The summed E-state index contributed by atoms with van der Waals surface area (Å²) in [6, 6.07) is 9.16. The zero-order valence-electron chi connectivity index (χ0n) is 32.8. The predicted molar refractivity (Wildman–Crippen MR) is 206 cm³/mol. The lowest BCUT2D eigenvalue weighted by Gasteiger charge is -2.44. The summed E-state index contributed by atoms with van der Waals surface area (Å²) in [5, 5.41) is -0.0479. The zero-order valence-corrected chi connectivity index (χ0v) is 35.8. The first-order chi connectivity index (χ1) is 22.3. The van der Waals surface area contributed by atoms with Crippen molar-refractivity contribution in [2.75, 3.05) is 18.6 Å². The van der Waals surface area contributed by atoms with Gasteiger partial charge >= 0.3 is 0 Å². The Labute approximate surface area is 297 Å². The maximum Gasteiger partial charge on any atom is 0.259 e. The van der Waals surface area contributed by atoms with Crippen LogP contribution in [0.1, 0.15) is 78.9 Å². The first-order valence-electron chi connectivity index (χ1n) is 17.4. The number of hydrogen-bond acceptors (Lipinski definition) is 8. The van der Waals surface area contributed by atoms with E-state index in [9.17, 15) is 4.79 Å². The molecule has 272 valence electrons. The largest absolute Gasteiger partial charge is 0.414 e. The van der Waals surface area contributed by atoms with Crippen molar-refractivity contribution in [3.05, 3.63) is 48.5 Å². The summed E-state index contributed by atoms with van der Waals surface area (Å²) < 4.78 is 30.5. The summed E-state index contributed by atoms with van der Waals surface area (Å²) in [4.78, 5) is 29.0. The molecule has 4 atom stereocenters. The topological polar surface area (TPSA) is 101 Å². The third-order valence-corrected chi connectivity index (χ3v) is 24.9. The van der Waals surface area contributed by atoms with Crippen molar-refractivity contribution in [3.63, 3.8) is 0 Å². The number of benzene rings is 1. The molecule has 1 aromatic carbocycles. The molecular weight excluding hydrogens is 667 g/mol. The smallest absolute Gasteiger partial charge is 0.259 e. The van der Waals surface area contributed by atoms with Crippen LogP contribution in [0.2, 0.25) is 54.4 Å². The van der Waals surface area contributed by atoms with Crippen LogP contribution in [0.15, 0.2) is 43.0 Å². The SMILES string of the molecule is CN(C(=O)c1ccccc1)c1ncnc2c1ncn2[C@@H]1O[C@H](CO[Si](C)(C)C(C)(C)C)[C@@H](O[Si](C)(C)C(C)(C)C)[C@H]1O[Si](C)(C)C(C)(C)C. The van der Waals surface area contributed by atoms with Crippen molar-refractivity contribution < 1.29 is 22.8 Å². The van der Waals surface area contributed by atoms with Gasteiger partial charge in [0, 0.05) is 12.6 Å². The van der Waals surface area contributed by atoms with E-state index in [0.29, 0.717) is 29.2 Å². The number of fused-ring (bicyclic) bond motifs is 1. The highest BCUT2D eigenvalue weighted by Crippen LogP contribution is 2.47. The van der Waals surface area contributed by atoms with E-state index in [1.165, 1.54) is 11.2 Å². The molecule has 0 saturated carbocycles. The Balaban J connectivity index is 1.84. The fraction of sp³-hybridized carbons (Fsp3) is 0.667. The molecule has 3 aromatic rings. The highest BCUT2D eigenvalue weighted by molar-refractivity contribution is 6.75. The van der Waals surface area contributed by atoms with Crippen LogP contribution in [-0.4, -0.2) is 82.3 Å². The molecule has 1 aliphatic heterocycles. The molecular formula is C36H61N5O5Si3. The van der Waals surface area contributed by atoms with E-state index in [2.05, 4.69) is 107 Å². The zero-order chi connectivity index (χ0) is 37.0. The van der Waals surface area contributed by atoms with Gasteiger partial charge in [-0.3, -0.25) is 14.3 Å². The van der Waals surface area contributed by atoms with Crippen LogP contribution in [-0.2, 0) is 18.0 Å². The van der Waals surface area contributed by atoms with Gasteiger partial charge in [-0.2, -0.15) is 0 Å². The number of nitrogens with zero attached hydrogens (tertiary/aromatic N) is 5.